The second-order valence-corrected chi connectivity index (χ2v) is 5.99. The zero-order valence-electron chi connectivity index (χ0n) is 11.9. The van der Waals surface area contributed by atoms with E-state index in [4.69, 9.17) is 5.26 Å². The van der Waals surface area contributed by atoms with E-state index < -0.39 is 0 Å². The van der Waals surface area contributed by atoms with E-state index in [1.165, 1.54) is 5.56 Å². The lowest BCUT2D eigenvalue weighted by molar-refractivity contribution is -0.136. The van der Waals surface area contributed by atoms with Crippen LogP contribution < -0.4 is 0 Å². The molecule has 3 rings (SSSR count). The smallest absolute Gasteiger partial charge is 0.222 e. The predicted molar refractivity (Wildman–Crippen MR) is 77.3 cm³/mol. The van der Waals surface area contributed by atoms with Gasteiger partial charge in [0.05, 0.1) is 0 Å². The molecule has 1 aromatic carbocycles. The van der Waals surface area contributed by atoms with Crippen molar-refractivity contribution in [2.45, 2.75) is 18.8 Å². The van der Waals surface area contributed by atoms with Crippen LogP contribution in [0.15, 0.2) is 24.3 Å². The van der Waals surface area contributed by atoms with E-state index in [9.17, 15) is 9.90 Å². The van der Waals surface area contributed by atoms with Crippen LogP contribution >= 0.6 is 0 Å². The van der Waals surface area contributed by atoms with Crippen molar-refractivity contribution in [3.8, 4) is 11.9 Å². The van der Waals surface area contributed by atoms with Gasteiger partial charge in [-0.15, -0.1) is 0 Å². The molecule has 1 unspecified atom stereocenters. The summed E-state index contributed by atoms with van der Waals surface area (Å²) in [5.41, 5.74) is 1.17. The lowest BCUT2D eigenvalue weighted by Gasteiger charge is -2.40. The Hall–Kier alpha value is -2.22. The summed E-state index contributed by atoms with van der Waals surface area (Å²) >= 11 is 0. The third-order valence-corrected chi connectivity index (χ3v) is 4.49. The predicted octanol–water partition coefficient (Wildman–Crippen LogP) is 1.51. The summed E-state index contributed by atoms with van der Waals surface area (Å²) in [5, 5.41) is 18.1. The highest BCUT2D eigenvalue weighted by Gasteiger charge is 2.33. The molecule has 5 nitrogen and oxygen atoms in total. The van der Waals surface area contributed by atoms with Gasteiger partial charge in [0, 0.05) is 38.5 Å². The van der Waals surface area contributed by atoms with E-state index in [-0.39, 0.29) is 11.7 Å². The minimum atomic E-state index is 0.204. The molecule has 5 heteroatoms. The van der Waals surface area contributed by atoms with Crippen molar-refractivity contribution >= 4 is 5.91 Å². The van der Waals surface area contributed by atoms with Gasteiger partial charge in [0.1, 0.15) is 5.75 Å². The maximum absolute atomic E-state index is 12.2. The molecule has 2 aliphatic rings. The Balaban J connectivity index is 1.47. The molecule has 1 atom stereocenters. The van der Waals surface area contributed by atoms with Crippen LogP contribution in [0.1, 0.15) is 24.3 Å². The number of nitrogens with zero attached hydrogens (tertiary/aromatic N) is 3. The molecule has 0 aromatic heterocycles. The van der Waals surface area contributed by atoms with Crippen molar-refractivity contribution in [3.63, 3.8) is 0 Å². The molecule has 0 bridgehead atoms. The van der Waals surface area contributed by atoms with Gasteiger partial charge in [-0.1, -0.05) is 12.1 Å². The van der Waals surface area contributed by atoms with Crippen LogP contribution in [0.3, 0.4) is 0 Å². The van der Waals surface area contributed by atoms with Gasteiger partial charge in [-0.2, -0.15) is 5.26 Å². The molecule has 1 N–H and O–H groups in total. The normalized spacial score (nSPS) is 22.0. The molecular weight excluding hydrogens is 266 g/mol. The highest BCUT2D eigenvalue weighted by molar-refractivity contribution is 5.77. The first-order chi connectivity index (χ1) is 10.2. The van der Waals surface area contributed by atoms with Crippen LogP contribution in [0.5, 0.6) is 5.75 Å². The monoisotopic (exact) mass is 285 g/mol. The second kappa shape index (κ2) is 5.65. The van der Waals surface area contributed by atoms with Crippen molar-refractivity contribution in [2.24, 2.45) is 5.92 Å². The number of likely N-dealkylation sites (tertiary alicyclic amines) is 2. The van der Waals surface area contributed by atoms with Gasteiger partial charge in [0.2, 0.25) is 5.91 Å². The quantitative estimate of drug-likeness (QED) is 0.855. The summed E-state index contributed by atoms with van der Waals surface area (Å²) in [6.45, 7) is 3.03. The summed E-state index contributed by atoms with van der Waals surface area (Å²) in [6.07, 6.45) is 3.64. The van der Waals surface area contributed by atoms with E-state index in [0.717, 1.165) is 32.6 Å². The van der Waals surface area contributed by atoms with Gasteiger partial charge in [0.15, 0.2) is 6.19 Å². The van der Waals surface area contributed by atoms with E-state index >= 15 is 0 Å². The first-order valence-electron chi connectivity index (χ1n) is 7.37. The third-order valence-electron chi connectivity index (χ3n) is 4.49. The Labute approximate surface area is 124 Å². The van der Waals surface area contributed by atoms with Gasteiger partial charge in [-0.3, -0.25) is 4.79 Å². The number of benzene rings is 1. The molecule has 1 aromatic rings. The highest BCUT2D eigenvalue weighted by Crippen LogP contribution is 2.30. The third kappa shape index (κ3) is 2.94. The standard InChI is InChI=1S/C16H19N3O2/c17-11-18-6-5-12(8-18)7-16(21)19-9-14(10-19)13-1-3-15(20)4-2-13/h1-4,12,14,20H,5-10H2. The molecule has 0 spiro atoms. The Kier molecular flexibility index (Phi) is 3.70. The van der Waals surface area contributed by atoms with Gasteiger partial charge < -0.3 is 14.9 Å². The molecule has 2 fully saturated rings. The first-order valence-corrected chi connectivity index (χ1v) is 7.37. The number of hydrogen-bond acceptors (Lipinski definition) is 4. The number of phenols is 1. The van der Waals surface area contributed by atoms with Crippen LogP contribution in [-0.4, -0.2) is 47.0 Å². The van der Waals surface area contributed by atoms with Crippen molar-refractivity contribution in [1.29, 1.82) is 5.26 Å². The van der Waals surface area contributed by atoms with Crippen molar-refractivity contribution < 1.29 is 9.90 Å². The number of aromatic hydroxyl groups is 1. The maximum Gasteiger partial charge on any atom is 0.222 e. The molecule has 2 aliphatic heterocycles. The fraction of sp³-hybridized carbons (Fsp3) is 0.500. The van der Waals surface area contributed by atoms with Crippen molar-refractivity contribution in [1.82, 2.24) is 9.80 Å². The van der Waals surface area contributed by atoms with E-state index in [2.05, 4.69) is 6.19 Å². The average molecular weight is 285 g/mol. The topological polar surface area (TPSA) is 67.6 Å². The summed E-state index contributed by atoms with van der Waals surface area (Å²) < 4.78 is 0. The van der Waals surface area contributed by atoms with Crippen LogP contribution in [0, 0.1) is 17.4 Å². The number of phenolic OH excluding ortho intramolecular Hbond substituents is 1. The van der Waals surface area contributed by atoms with E-state index in [1.54, 1.807) is 17.0 Å². The maximum atomic E-state index is 12.2. The number of rotatable bonds is 3. The van der Waals surface area contributed by atoms with Gasteiger partial charge in [-0.05, 0) is 30.0 Å². The van der Waals surface area contributed by atoms with Crippen LogP contribution in [0.2, 0.25) is 0 Å². The zero-order valence-corrected chi connectivity index (χ0v) is 11.9. The van der Waals surface area contributed by atoms with Gasteiger partial charge >= 0.3 is 0 Å². The number of carbonyl (C=O) groups excluding carboxylic acids is 1. The molecular formula is C16H19N3O2. The van der Waals surface area contributed by atoms with Crippen LogP contribution in [-0.2, 0) is 4.79 Å². The Morgan fingerprint density at radius 2 is 2.00 bits per heavy atom. The summed E-state index contributed by atoms with van der Waals surface area (Å²) in [4.78, 5) is 15.8. The molecule has 0 saturated carbocycles. The molecule has 2 heterocycles. The van der Waals surface area contributed by atoms with Gasteiger partial charge in [0.25, 0.3) is 0 Å². The van der Waals surface area contributed by atoms with Gasteiger partial charge in [-0.25, -0.2) is 0 Å². The highest BCUT2D eigenvalue weighted by atomic mass is 16.3. The minimum Gasteiger partial charge on any atom is -0.508 e. The van der Waals surface area contributed by atoms with E-state index in [0.29, 0.717) is 18.3 Å². The SMILES string of the molecule is N#CN1CCC(CC(=O)N2CC(c3ccc(O)cc3)C2)C1. The second-order valence-electron chi connectivity index (χ2n) is 5.99. The fourth-order valence-electron chi connectivity index (χ4n) is 3.11. The fourth-order valence-corrected chi connectivity index (χ4v) is 3.11. The molecule has 0 radical (unpaired) electrons. The zero-order chi connectivity index (χ0) is 14.8. The minimum absolute atomic E-state index is 0.204. The lowest BCUT2D eigenvalue weighted by Crippen LogP contribution is -2.48. The van der Waals surface area contributed by atoms with Crippen LogP contribution in [0.4, 0.5) is 0 Å². The summed E-state index contributed by atoms with van der Waals surface area (Å²) in [5.74, 6) is 1.18. The van der Waals surface area contributed by atoms with Crippen molar-refractivity contribution in [2.75, 3.05) is 26.2 Å². The van der Waals surface area contributed by atoms with E-state index in [1.807, 2.05) is 17.0 Å². The molecule has 110 valence electrons. The van der Waals surface area contributed by atoms with Crippen LogP contribution in [0.25, 0.3) is 0 Å². The summed E-state index contributed by atoms with van der Waals surface area (Å²) in [7, 11) is 0. The molecule has 0 aliphatic carbocycles. The number of nitriles is 1. The molecule has 2 saturated heterocycles. The Morgan fingerprint density at radius 1 is 1.29 bits per heavy atom. The number of hydrogen-bond donors (Lipinski definition) is 1. The molecule has 21 heavy (non-hydrogen) atoms. The average Bonchev–Trinajstić information content (AvgIpc) is 2.87. The molecule has 1 amide bonds. The first kappa shape index (κ1) is 13.7. The number of amides is 1. The Bertz CT molecular complexity index is 558. The summed E-state index contributed by atoms with van der Waals surface area (Å²) in [6, 6.07) is 7.22. The lowest BCUT2D eigenvalue weighted by atomic mass is 9.90. The Morgan fingerprint density at radius 3 is 2.62 bits per heavy atom. The van der Waals surface area contributed by atoms with Crippen molar-refractivity contribution in [3.05, 3.63) is 29.8 Å². The number of carbonyl (C=O) groups is 1. The largest absolute Gasteiger partial charge is 0.508 e.